The molecule has 1 N–H and O–H groups in total. The molecule has 1 aliphatic rings. The van der Waals surface area contributed by atoms with E-state index in [2.05, 4.69) is 9.71 Å². The average Bonchev–Trinajstić information content (AvgIpc) is 3.25. The quantitative estimate of drug-likeness (QED) is 0.558. The van der Waals surface area contributed by atoms with E-state index in [4.69, 9.17) is 9.47 Å². The van der Waals surface area contributed by atoms with E-state index < -0.39 is 33.8 Å². The Kier molecular flexibility index (Phi) is 5.70. The third kappa shape index (κ3) is 4.33. The number of carbonyl (C=O) groups is 1. The van der Waals surface area contributed by atoms with Crippen LogP contribution in [0.25, 0.3) is 0 Å². The van der Waals surface area contributed by atoms with Gasteiger partial charge in [-0.1, -0.05) is 0 Å². The molecule has 1 aliphatic heterocycles. The zero-order valence-electron chi connectivity index (χ0n) is 17.1. The van der Waals surface area contributed by atoms with Crippen LogP contribution in [0.5, 0.6) is 11.5 Å². The van der Waals surface area contributed by atoms with Gasteiger partial charge in [-0.2, -0.15) is 13.2 Å². The Bertz CT molecular complexity index is 1310. The molecule has 1 aromatic heterocycles. The molecule has 174 valence electrons. The number of carbonyl (C=O) groups excluding carboxylic acids is 1. The van der Waals surface area contributed by atoms with Gasteiger partial charge in [-0.25, -0.2) is 13.4 Å². The van der Waals surface area contributed by atoms with Gasteiger partial charge in [-0.15, -0.1) is 11.3 Å². The number of nitrogens with one attached hydrogen (secondary N) is 1. The van der Waals surface area contributed by atoms with Crippen LogP contribution in [0.15, 0.2) is 52.9 Å². The molecule has 1 atom stereocenters. The van der Waals surface area contributed by atoms with Crippen molar-refractivity contribution in [1.82, 2.24) is 4.98 Å². The van der Waals surface area contributed by atoms with E-state index in [0.717, 1.165) is 34.4 Å². The van der Waals surface area contributed by atoms with Gasteiger partial charge in [0.05, 0.1) is 28.9 Å². The number of nitrogens with zero attached hydrogens (tertiary/aromatic N) is 2. The van der Waals surface area contributed by atoms with Crippen LogP contribution in [0.3, 0.4) is 0 Å². The molecule has 2 aromatic carbocycles. The molecular weight excluding hydrogens is 483 g/mol. The molecule has 13 heteroatoms. The number of hydrogen-bond donors (Lipinski definition) is 1. The molecule has 2 heterocycles. The normalized spacial score (nSPS) is 16.2. The molecule has 0 spiro atoms. The second kappa shape index (κ2) is 8.23. The molecule has 0 saturated carbocycles. The summed E-state index contributed by atoms with van der Waals surface area (Å²) in [5.41, 5.74) is -0.723. The molecule has 0 bridgehead atoms. The topological polar surface area (TPSA) is 97.8 Å². The molecular formula is C20H16F3N3O5S2. The van der Waals surface area contributed by atoms with E-state index in [9.17, 15) is 26.4 Å². The lowest BCUT2D eigenvalue weighted by Crippen LogP contribution is -2.41. The van der Waals surface area contributed by atoms with Gasteiger partial charge >= 0.3 is 6.18 Å². The van der Waals surface area contributed by atoms with Crippen LogP contribution in [0.4, 0.5) is 29.7 Å². The Balaban J connectivity index is 1.78. The first-order valence-electron chi connectivity index (χ1n) is 9.33. The molecule has 0 aliphatic carbocycles. The van der Waals surface area contributed by atoms with Crippen molar-refractivity contribution in [3.8, 4) is 11.5 Å². The molecule has 0 saturated heterocycles. The number of alkyl halides is 3. The summed E-state index contributed by atoms with van der Waals surface area (Å²) in [5.74, 6) is -0.677. The fourth-order valence-electron chi connectivity index (χ4n) is 3.22. The van der Waals surface area contributed by atoms with Gasteiger partial charge < -0.3 is 9.47 Å². The molecule has 0 unspecified atom stereocenters. The van der Waals surface area contributed by atoms with Gasteiger partial charge in [0, 0.05) is 17.6 Å². The van der Waals surface area contributed by atoms with Crippen LogP contribution in [-0.2, 0) is 21.0 Å². The van der Waals surface area contributed by atoms with E-state index in [1.807, 2.05) is 0 Å². The first-order chi connectivity index (χ1) is 15.5. The number of methoxy groups -OCH3 is 1. The standard InChI is InChI=1S/C20H16F3N3O5S2/c1-11-18(27)26(14-5-3-12(20(21,22)23)9-16(14)30-2)15-6-4-13(10-17(15)31-11)33(28,29)25-19-24-7-8-32-19/h3-11H,1-2H3,(H,24,25)/t11-/m0/s1. The summed E-state index contributed by atoms with van der Waals surface area (Å²) in [6.07, 6.45) is -4.18. The highest BCUT2D eigenvalue weighted by Crippen LogP contribution is 2.45. The van der Waals surface area contributed by atoms with E-state index in [0.29, 0.717) is 0 Å². The summed E-state index contributed by atoms with van der Waals surface area (Å²) < 4.78 is 77.9. The smallest absolute Gasteiger partial charge is 0.416 e. The highest BCUT2D eigenvalue weighted by atomic mass is 32.2. The number of anilines is 3. The van der Waals surface area contributed by atoms with Crippen molar-refractivity contribution in [3.05, 3.63) is 53.5 Å². The molecule has 8 nitrogen and oxygen atoms in total. The number of rotatable bonds is 5. The number of fused-ring (bicyclic) bond motifs is 1. The fourth-order valence-corrected chi connectivity index (χ4v) is 5.02. The maximum Gasteiger partial charge on any atom is 0.416 e. The third-order valence-electron chi connectivity index (χ3n) is 4.76. The van der Waals surface area contributed by atoms with Crippen LogP contribution < -0.4 is 19.1 Å². The third-order valence-corrected chi connectivity index (χ3v) is 6.91. The van der Waals surface area contributed by atoms with Crippen molar-refractivity contribution in [1.29, 1.82) is 0 Å². The van der Waals surface area contributed by atoms with Crippen LogP contribution in [0.1, 0.15) is 12.5 Å². The van der Waals surface area contributed by atoms with Crippen LogP contribution in [0.2, 0.25) is 0 Å². The second-order valence-corrected chi connectivity index (χ2v) is 9.47. The summed E-state index contributed by atoms with van der Waals surface area (Å²) in [6.45, 7) is 1.45. The number of aromatic nitrogens is 1. The van der Waals surface area contributed by atoms with Crippen molar-refractivity contribution in [3.63, 3.8) is 0 Å². The summed E-state index contributed by atoms with van der Waals surface area (Å²) in [6, 6.07) is 6.58. The van der Waals surface area contributed by atoms with Crippen molar-refractivity contribution in [2.45, 2.75) is 24.1 Å². The molecule has 4 rings (SSSR count). The van der Waals surface area contributed by atoms with E-state index >= 15 is 0 Å². The van der Waals surface area contributed by atoms with Crippen molar-refractivity contribution in [2.75, 3.05) is 16.7 Å². The average molecular weight is 499 g/mol. The maximum atomic E-state index is 13.1. The largest absolute Gasteiger partial charge is 0.495 e. The molecule has 1 amide bonds. The van der Waals surface area contributed by atoms with Gasteiger partial charge in [0.25, 0.3) is 15.9 Å². The highest BCUT2D eigenvalue weighted by Gasteiger charge is 2.37. The number of sulfonamides is 1. The Hall–Kier alpha value is -3.32. The molecule has 33 heavy (non-hydrogen) atoms. The maximum absolute atomic E-state index is 13.1. The number of amides is 1. The number of hydrogen-bond acceptors (Lipinski definition) is 7. The van der Waals surface area contributed by atoms with Crippen molar-refractivity contribution < 1.29 is 35.9 Å². The Morgan fingerprint density at radius 1 is 1.18 bits per heavy atom. The molecule has 3 aromatic rings. The SMILES string of the molecule is COc1cc(C(F)(F)F)ccc1N1C(=O)[C@H](C)Oc2cc(S(=O)(=O)Nc3nccs3)ccc21. The van der Waals surface area contributed by atoms with Crippen LogP contribution in [-0.4, -0.2) is 32.5 Å². The Labute approximate surface area is 190 Å². The minimum atomic E-state index is -4.60. The lowest BCUT2D eigenvalue weighted by molar-refractivity contribution is -0.137. The minimum Gasteiger partial charge on any atom is -0.495 e. The van der Waals surface area contributed by atoms with Gasteiger partial charge in [0.15, 0.2) is 11.2 Å². The van der Waals surface area contributed by atoms with E-state index in [1.54, 1.807) is 5.38 Å². The van der Waals surface area contributed by atoms with Crippen molar-refractivity contribution in [2.24, 2.45) is 0 Å². The number of halogens is 3. The summed E-state index contributed by atoms with van der Waals surface area (Å²) in [7, 11) is -2.81. The summed E-state index contributed by atoms with van der Waals surface area (Å²) in [5, 5.41) is 1.78. The fraction of sp³-hybridized carbons (Fsp3) is 0.200. The van der Waals surface area contributed by atoms with Crippen LogP contribution in [0, 0.1) is 0 Å². The summed E-state index contributed by atoms with van der Waals surface area (Å²) >= 11 is 1.10. The van der Waals surface area contributed by atoms with E-state index in [-0.39, 0.29) is 32.9 Å². The molecule has 0 radical (unpaired) electrons. The number of benzene rings is 2. The Morgan fingerprint density at radius 3 is 2.55 bits per heavy atom. The highest BCUT2D eigenvalue weighted by molar-refractivity contribution is 7.93. The second-order valence-electron chi connectivity index (χ2n) is 6.89. The zero-order valence-corrected chi connectivity index (χ0v) is 18.7. The lowest BCUT2D eigenvalue weighted by Gasteiger charge is -2.34. The minimum absolute atomic E-state index is 0.0587. The Morgan fingerprint density at radius 2 is 1.91 bits per heavy atom. The predicted molar refractivity (Wildman–Crippen MR) is 115 cm³/mol. The summed E-state index contributed by atoms with van der Waals surface area (Å²) in [4.78, 5) is 17.8. The number of ether oxygens (including phenoxy) is 2. The molecule has 0 fully saturated rings. The van der Waals surface area contributed by atoms with Gasteiger partial charge in [0.2, 0.25) is 0 Å². The lowest BCUT2D eigenvalue weighted by atomic mass is 10.1. The first kappa shape index (κ1) is 22.9. The van der Waals surface area contributed by atoms with E-state index in [1.165, 1.54) is 38.4 Å². The monoisotopic (exact) mass is 499 g/mol. The number of thiazole rings is 1. The van der Waals surface area contributed by atoms with Crippen molar-refractivity contribution >= 4 is 43.8 Å². The van der Waals surface area contributed by atoms with Crippen LogP contribution >= 0.6 is 11.3 Å². The first-order valence-corrected chi connectivity index (χ1v) is 11.7. The zero-order chi connectivity index (χ0) is 24.0. The van der Waals surface area contributed by atoms with Gasteiger partial charge in [-0.05, 0) is 37.3 Å². The predicted octanol–water partition coefficient (Wildman–Crippen LogP) is 4.42. The van der Waals surface area contributed by atoms with Gasteiger partial charge in [-0.3, -0.25) is 14.4 Å². The van der Waals surface area contributed by atoms with Gasteiger partial charge in [0.1, 0.15) is 11.5 Å².